The second-order valence-electron chi connectivity index (χ2n) is 3.57. The molecule has 2 aromatic heterocycles. The largest absolute Gasteiger partial charge is 0.321 e. The van der Waals surface area contributed by atoms with E-state index in [1.54, 1.807) is 24.5 Å². The molecule has 0 saturated heterocycles. The topological polar surface area (TPSA) is 54.9 Å². The van der Waals surface area contributed by atoms with E-state index in [2.05, 4.69) is 31.2 Å². The number of aromatic nitrogens is 2. The van der Waals surface area contributed by atoms with Crippen LogP contribution in [0.2, 0.25) is 0 Å². The highest BCUT2D eigenvalue weighted by molar-refractivity contribution is 9.10. The van der Waals surface area contributed by atoms with Crippen LogP contribution in [-0.4, -0.2) is 15.9 Å². The second kappa shape index (κ2) is 5.05. The Morgan fingerprint density at radius 3 is 2.76 bits per heavy atom. The molecule has 5 heteroatoms. The van der Waals surface area contributed by atoms with Crippen LogP contribution in [0, 0.1) is 6.92 Å². The van der Waals surface area contributed by atoms with Crippen molar-refractivity contribution >= 4 is 27.5 Å². The summed E-state index contributed by atoms with van der Waals surface area (Å²) in [7, 11) is 0. The molecule has 1 amide bonds. The van der Waals surface area contributed by atoms with Gasteiger partial charge in [-0.25, -0.2) is 4.98 Å². The molecule has 0 aliphatic heterocycles. The molecule has 0 fully saturated rings. The van der Waals surface area contributed by atoms with E-state index >= 15 is 0 Å². The smallest absolute Gasteiger partial charge is 0.257 e. The van der Waals surface area contributed by atoms with Crippen molar-refractivity contribution in [3.8, 4) is 0 Å². The van der Waals surface area contributed by atoms with Crippen LogP contribution in [0.3, 0.4) is 0 Å². The monoisotopic (exact) mass is 291 g/mol. The molecule has 0 aliphatic carbocycles. The van der Waals surface area contributed by atoms with Gasteiger partial charge in [0.25, 0.3) is 5.91 Å². The maximum Gasteiger partial charge on any atom is 0.257 e. The fourth-order valence-corrected chi connectivity index (χ4v) is 1.57. The third kappa shape index (κ3) is 3.10. The first-order chi connectivity index (χ1) is 8.15. The first-order valence-electron chi connectivity index (χ1n) is 5.00. The third-order valence-corrected chi connectivity index (χ3v) is 2.59. The molecule has 2 rings (SSSR count). The average Bonchev–Trinajstić information content (AvgIpc) is 2.29. The summed E-state index contributed by atoms with van der Waals surface area (Å²) in [6.07, 6.45) is 4.86. The van der Waals surface area contributed by atoms with Crippen LogP contribution in [0.15, 0.2) is 41.4 Å². The van der Waals surface area contributed by atoms with Crippen molar-refractivity contribution < 1.29 is 4.79 Å². The van der Waals surface area contributed by atoms with E-state index < -0.39 is 0 Å². The van der Waals surface area contributed by atoms with Gasteiger partial charge in [-0.2, -0.15) is 0 Å². The minimum atomic E-state index is -0.197. The van der Waals surface area contributed by atoms with Gasteiger partial charge in [-0.05, 0) is 46.6 Å². The second-order valence-corrected chi connectivity index (χ2v) is 4.39. The van der Waals surface area contributed by atoms with Crippen LogP contribution in [0.25, 0.3) is 0 Å². The summed E-state index contributed by atoms with van der Waals surface area (Å²) in [5, 5.41) is 2.76. The summed E-state index contributed by atoms with van der Waals surface area (Å²) < 4.78 is 0.700. The molecule has 0 bridgehead atoms. The number of carbonyl (C=O) groups excluding carboxylic acids is 1. The molecule has 2 heterocycles. The summed E-state index contributed by atoms with van der Waals surface area (Å²) in [5.74, 6) is -0.197. The molecule has 4 nitrogen and oxygen atoms in total. The molecule has 1 N–H and O–H groups in total. The summed E-state index contributed by atoms with van der Waals surface area (Å²) >= 11 is 3.22. The van der Waals surface area contributed by atoms with Gasteiger partial charge in [0.2, 0.25) is 0 Å². The van der Waals surface area contributed by atoms with Crippen molar-refractivity contribution in [2.24, 2.45) is 0 Å². The predicted molar refractivity (Wildman–Crippen MR) is 68.9 cm³/mol. The Balaban J connectivity index is 2.14. The lowest BCUT2D eigenvalue weighted by molar-refractivity contribution is 0.102. The van der Waals surface area contributed by atoms with E-state index in [-0.39, 0.29) is 5.91 Å². The molecule has 0 saturated carbocycles. The summed E-state index contributed by atoms with van der Waals surface area (Å²) in [4.78, 5) is 19.8. The van der Waals surface area contributed by atoms with Crippen molar-refractivity contribution in [3.63, 3.8) is 0 Å². The van der Waals surface area contributed by atoms with Crippen molar-refractivity contribution in [2.45, 2.75) is 6.92 Å². The van der Waals surface area contributed by atoms with Crippen molar-refractivity contribution in [1.29, 1.82) is 0 Å². The maximum absolute atomic E-state index is 11.8. The molecule has 0 radical (unpaired) electrons. The summed E-state index contributed by atoms with van der Waals surface area (Å²) in [6, 6.07) is 5.29. The number of hydrogen-bond acceptors (Lipinski definition) is 3. The third-order valence-electron chi connectivity index (χ3n) is 2.12. The Morgan fingerprint density at radius 1 is 1.29 bits per heavy atom. The van der Waals surface area contributed by atoms with Crippen molar-refractivity contribution in [3.05, 3.63) is 52.5 Å². The Kier molecular flexibility index (Phi) is 3.49. The van der Waals surface area contributed by atoms with E-state index in [4.69, 9.17) is 0 Å². The van der Waals surface area contributed by atoms with E-state index in [1.165, 1.54) is 6.20 Å². The van der Waals surface area contributed by atoms with Crippen LogP contribution in [0.1, 0.15) is 15.9 Å². The van der Waals surface area contributed by atoms with Crippen LogP contribution in [0.5, 0.6) is 0 Å². The number of anilines is 1. The van der Waals surface area contributed by atoms with Crippen LogP contribution in [0.4, 0.5) is 5.69 Å². The predicted octanol–water partition coefficient (Wildman–Crippen LogP) is 2.80. The summed E-state index contributed by atoms with van der Waals surface area (Å²) in [6.45, 7) is 1.92. The molecule has 2 aromatic rings. The average molecular weight is 292 g/mol. The number of aryl methyl sites for hydroxylation is 1. The van der Waals surface area contributed by atoms with Gasteiger partial charge in [0.15, 0.2) is 0 Å². The fourth-order valence-electron chi connectivity index (χ4n) is 1.34. The van der Waals surface area contributed by atoms with Crippen LogP contribution in [-0.2, 0) is 0 Å². The minimum Gasteiger partial charge on any atom is -0.321 e. The van der Waals surface area contributed by atoms with Crippen molar-refractivity contribution in [2.75, 3.05) is 5.32 Å². The Morgan fingerprint density at radius 2 is 2.12 bits per heavy atom. The zero-order valence-corrected chi connectivity index (χ0v) is 10.7. The SMILES string of the molecule is Cc1cncc(NC(=O)c2ccc(Br)nc2)c1. The Hall–Kier alpha value is -1.75. The number of hydrogen-bond donors (Lipinski definition) is 1. The van der Waals surface area contributed by atoms with Gasteiger partial charge >= 0.3 is 0 Å². The number of halogens is 1. The fraction of sp³-hybridized carbons (Fsp3) is 0.0833. The van der Waals surface area contributed by atoms with Gasteiger partial charge in [-0.1, -0.05) is 0 Å². The van der Waals surface area contributed by atoms with Gasteiger partial charge in [0, 0.05) is 12.4 Å². The van der Waals surface area contributed by atoms with Crippen molar-refractivity contribution in [1.82, 2.24) is 9.97 Å². The highest BCUT2D eigenvalue weighted by Crippen LogP contribution is 2.11. The Bertz CT molecular complexity index is 540. The molecule has 17 heavy (non-hydrogen) atoms. The number of rotatable bonds is 2. The molecule has 86 valence electrons. The number of nitrogens with zero attached hydrogens (tertiary/aromatic N) is 2. The normalized spacial score (nSPS) is 10.0. The molecule has 0 unspecified atom stereocenters. The number of carbonyl (C=O) groups is 1. The van der Waals surface area contributed by atoms with Gasteiger partial charge in [-0.3, -0.25) is 9.78 Å². The van der Waals surface area contributed by atoms with E-state index in [0.717, 1.165) is 5.56 Å². The van der Waals surface area contributed by atoms with Crippen LogP contribution < -0.4 is 5.32 Å². The Labute approximate surface area is 107 Å². The molecule has 0 atom stereocenters. The molecular formula is C12H10BrN3O. The lowest BCUT2D eigenvalue weighted by Gasteiger charge is -2.05. The molecule has 0 spiro atoms. The van der Waals surface area contributed by atoms with Crippen LogP contribution >= 0.6 is 15.9 Å². The number of amides is 1. The zero-order chi connectivity index (χ0) is 12.3. The zero-order valence-electron chi connectivity index (χ0n) is 9.14. The lowest BCUT2D eigenvalue weighted by Crippen LogP contribution is -2.12. The van der Waals surface area contributed by atoms with E-state index in [1.807, 2.05) is 13.0 Å². The molecule has 0 aromatic carbocycles. The number of pyridine rings is 2. The highest BCUT2D eigenvalue weighted by atomic mass is 79.9. The summed E-state index contributed by atoms with van der Waals surface area (Å²) in [5.41, 5.74) is 2.18. The van der Waals surface area contributed by atoms with E-state index in [9.17, 15) is 4.79 Å². The standard InChI is InChI=1S/C12H10BrN3O/c1-8-4-10(7-14-5-8)16-12(17)9-2-3-11(13)15-6-9/h2-7H,1H3,(H,16,17). The maximum atomic E-state index is 11.8. The molecular weight excluding hydrogens is 282 g/mol. The van der Waals surface area contributed by atoms with E-state index in [0.29, 0.717) is 15.9 Å². The van der Waals surface area contributed by atoms with Gasteiger partial charge in [-0.15, -0.1) is 0 Å². The quantitative estimate of drug-likeness (QED) is 0.866. The molecule has 0 aliphatic rings. The first-order valence-corrected chi connectivity index (χ1v) is 5.79. The minimum absolute atomic E-state index is 0.197. The number of nitrogens with one attached hydrogen (secondary N) is 1. The van der Waals surface area contributed by atoms with Gasteiger partial charge in [0.05, 0.1) is 17.4 Å². The van der Waals surface area contributed by atoms with Gasteiger partial charge in [0.1, 0.15) is 4.60 Å². The lowest BCUT2D eigenvalue weighted by atomic mass is 10.2. The highest BCUT2D eigenvalue weighted by Gasteiger charge is 2.06. The first kappa shape index (κ1) is 11.7. The van der Waals surface area contributed by atoms with Gasteiger partial charge < -0.3 is 5.32 Å².